The molecule has 0 radical (unpaired) electrons. The van der Waals surface area contributed by atoms with Crippen molar-refractivity contribution in [1.29, 1.82) is 5.26 Å². The van der Waals surface area contributed by atoms with Crippen molar-refractivity contribution in [2.45, 2.75) is 13.3 Å². The third-order valence-corrected chi connectivity index (χ3v) is 2.87. The third kappa shape index (κ3) is 3.46. The van der Waals surface area contributed by atoms with Crippen LogP contribution >= 0.6 is 15.9 Å². The van der Waals surface area contributed by atoms with E-state index < -0.39 is 0 Å². The van der Waals surface area contributed by atoms with E-state index in [1.54, 1.807) is 19.1 Å². The monoisotopic (exact) mass is 297 g/mol. The Hall–Kier alpha value is -1.54. The van der Waals surface area contributed by atoms with Crippen LogP contribution in [-0.4, -0.2) is 19.7 Å². The number of rotatable bonds is 4. The van der Waals surface area contributed by atoms with Crippen LogP contribution in [0.5, 0.6) is 5.75 Å². The number of nitrogens with zero attached hydrogens (tertiary/aromatic N) is 1. The normalized spacial score (nSPS) is 9.53. The molecule has 0 N–H and O–H groups in total. The summed E-state index contributed by atoms with van der Waals surface area (Å²) >= 11 is 3.32. The van der Waals surface area contributed by atoms with Gasteiger partial charge in [-0.25, -0.2) is 0 Å². The molecule has 0 amide bonds. The van der Waals surface area contributed by atoms with E-state index in [1.165, 1.54) is 7.11 Å². The van der Waals surface area contributed by atoms with Crippen LogP contribution in [0.3, 0.4) is 0 Å². The average molecular weight is 298 g/mol. The highest BCUT2D eigenvalue weighted by atomic mass is 79.9. The Labute approximate surface area is 108 Å². The summed E-state index contributed by atoms with van der Waals surface area (Å²) in [5.41, 5.74) is 1.16. The summed E-state index contributed by atoms with van der Waals surface area (Å²) in [6.45, 7) is 2.11. The Morgan fingerprint density at radius 1 is 1.53 bits per heavy atom. The molecule has 0 aromatic heterocycles. The first-order valence-electron chi connectivity index (χ1n) is 5.04. The first kappa shape index (κ1) is 13.5. The van der Waals surface area contributed by atoms with Crippen LogP contribution in [0.25, 0.3) is 0 Å². The molecule has 0 aliphatic rings. The molecule has 0 spiro atoms. The zero-order valence-corrected chi connectivity index (χ0v) is 11.2. The highest BCUT2D eigenvalue weighted by molar-refractivity contribution is 9.10. The summed E-state index contributed by atoms with van der Waals surface area (Å²) in [4.78, 5) is 11.4. The van der Waals surface area contributed by atoms with Gasteiger partial charge in [0.25, 0.3) is 0 Å². The number of benzene rings is 1. The Morgan fingerprint density at radius 3 is 2.76 bits per heavy atom. The Bertz CT molecular complexity index is 466. The SMILES string of the molecule is CCOC(=O)Cc1cc(OC)c(C#N)cc1Br. The number of hydrogen-bond donors (Lipinski definition) is 0. The van der Waals surface area contributed by atoms with E-state index in [0.717, 1.165) is 5.56 Å². The van der Waals surface area contributed by atoms with Gasteiger partial charge in [0.15, 0.2) is 0 Å². The molecule has 0 aliphatic heterocycles. The number of methoxy groups -OCH3 is 1. The van der Waals surface area contributed by atoms with E-state index >= 15 is 0 Å². The first-order valence-corrected chi connectivity index (χ1v) is 5.83. The van der Waals surface area contributed by atoms with Gasteiger partial charge in [-0.3, -0.25) is 4.79 Å². The fraction of sp³-hybridized carbons (Fsp3) is 0.333. The van der Waals surface area contributed by atoms with Crippen molar-refractivity contribution < 1.29 is 14.3 Å². The summed E-state index contributed by atoms with van der Waals surface area (Å²) in [6, 6.07) is 5.32. The van der Waals surface area contributed by atoms with E-state index in [1.807, 2.05) is 6.07 Å². The third-order valence-electron chi connectivity index (χ3n) is 2.13. The predicted octanol–water partition coefficient (Wildman–Crippen LogP) is 2.43. The summed E-state index contributed by atoms with van der Waals surface area (Å²) in [5, 5.41) is 8.89. The lowest BCUT2D eigenvalue weighted by Gasteiger charge is -2.08. The van der Waals surface area contributed by atoms with Crippen LogP contribution < -0.4 is 4.74 Å². The van der Waals surface area contributed by atoms with Crippen LogP contribution in [0.1, 0.15) is 18.1 Å². The minimum atomic E-state index is -0.306. The van der Waals surface area contributed by atoms with Crippen LogP contribution in [0.2, 0.25) is 0 Å². The summed E-state index contributed by atoms with van der Waals surface area (Å²) in [7, 11) is 1.48. The summed E-state index contributed by atoms with van der Waals surface area (Å²) in [6.07, 6.45) is 0.149. The van der Waals surface area contributed by atoms with Gasteiger partial charge in [0.1, 0.15) is 11.8 Å². The van der Waals surface area contributed by atoms with Gasteiger partial charge in [-0.2, -0.15) is 5.26 Å². The molecule has 0 atom stereocenters. The molecule has 5 heteroatoms. The van der Waals surface area contributed by atoms with Crippen molar-refractivity contribution in [3.05, 3.63) is 27.7 Å². The highest BCUT2D eigenvalue weighted by Crippen LogP contribution is 2.27. The van der Waals surface area contributed by atoms with Crippen LogP contribution in [-0.2, 0) is 16.0 Å². The van der Waals surface area contributed by atoms with Crippen molar-refractivity contribution in [2.24, 2.45) is 0 Å². The van der Waals surface area contributed by atoms with Crippen molar-refractivity contribution in [3.63, 3.8) is 0 Å². The molecule has 0 fully saturated rings. The zero-order chi connectivity index (χ0) is 12.8. The minimum absolute atomic E-state index is 0.149. The van der Waals surface area contributed by atoms with Gasteiger partial charge >= 0.3 is 5.97 Å². The second-order valence-electron chi connectivity index (χ2n) is 3.24. The Kier molecular flexibility index (Phi) is 4.98. The van der Waals surface area contributed by atoms with Gasteiger partial charge in [0.2, 0.25) is 0 Å². The fourth-order valence-corrected chi connectivity index (χ4v) is 1.84. The first-order chi connectivity index (χ1) is 8.12. The largest absolute Gasteiger partial charge is 0.495 e. The van der Waals surface area contributed by atoms with E-state index in [4.69, 9.17) is 14.7 Å². The fourth-order valence-electron chi connectivity index (χ4n) is 1.35. The molecule has 0 aliphatic carbocycles. The number of halogens is 1. The number of carbonyl (C=O) groups is 1. The standard InChI is InChI=1S/C12H12BrNO3/c1-3-17-12(15)6-8-5-11(16-2)9(7-14)4-10(8)13/h4-5H,3,6H2,1-2H3. The lowest BCUT2D eigenvalue weighted by Crippen LogP contribution is -2.08. The van der Waals surface area contributed by atoms with Gasteiger partial charge in [-0.15, -0.1) is 0 Å². The second-order valence-corrected chi connectivity index (χ2v) is 4.09. The Balaban J connectivity index is 3.01. The quantitative estimate of drug-likeness (QED) is 0.801. The van der Waals surface area contributed by atoms with Crippen LogP contribution in [0, 0.1) is 11.3 Å². The zero-order valence-electron chi connectivity index (χ0n) is 9.62. The van der Waals surface area contributed by atoms with Gasteiger partial charge in [0.05, 0.1) is 25.7 Å². The average Bonchev–Trinajstić information content (AvgIpc) is 2.31. The maximum atomic E-state index is 11.4. The summed E-state index contributed by atoms with van der Waals surface area (Å²) in [5.74, 6) is 0.148. The molecule has 1 aromatic carbocycles. The number of ether oxygens (including phenoxy) is 2. The highest BCUT2D eigenvalue weighted by Gasteiger charge is 2.12. The number of esters is 1. The lowest BCUT2D eigenvalue weighted by atomic mass is 10.1. The maximum absolute atomic E-state index is 11.4. The van der Waals surface area contributed by atoms with Crippen LogP contribution in [0.15, 0.2) is 16.6 Å². The molecule has 17 heavy (non-hydrogen) atoms. The lowest BCUT2D eigenvalue weighted by molar-refractivity contribution is -0.142. The molecule has 0 saturated carbocycles. The Morgan fingerprint density at radius 2 is 2.24 bits per heavy atom. The van der Waals surface area contributed by atoms with Crippen molar-refractivity contribution in [1.82, 2.24) is 0 Å². The van der Waals surface area contributed by atoms with Crippen molar-refractivity contribution in [2.75, 3.05) is 13.7 Å². The molecular weight excluding hydrogens is 286 g/mol. The molecule has 0 bridgehead atoms. The topological polar surface area (TPSA) is 59.3 Å². The van der Waals surface area contributed by atoms with Crippen LogP contribution in [0.4, 0.5) is 0 Å². The molecular formula is C12H12BrNO3. The van der Waals surface area contributed by atoms with Gasteiger partial charge in [-0.1, -0.05) is 15.9 Å². The predicted molar refractivity (Wildman–Crippen MR) is 65.7 cm³/mol. The number of nitriles is 1. The number of hydrogen-bond acceptors (Lipinski definition) is 4. The van der Waals surface area contributed by atoms with Gasteiger partial charge < -0.3 is 9.47 Å². The van der Waals surface area contributed by atoms with Gasteiger partial charge in [0, 0.05) is 4.47 Å². The number of carbonyl (C=O) groups excluding carboxylic acids is 1. The van der Waals surface area contributed by atoms with Gasteiger partial charge in [-0.05, 0) is 24.6 Å². The van der Waals surface area contributed by atoms with Crippen molar-refractivity contribution >= 4 is 21.9 Å². The molecule has 0 unspecified atom stereocenters. The minimum Gasteiger partial charge on any atom is -0.495 e. The molecule has 0 heterocycles. The molecule has 4 nitrogen and oxygen atoms in total. The van der Waals surface area contributed by atoms with Crippen molar-refractivity contribution in [3.8, 4) is 11.8 Å². The second kappa shape index (κ2) is 6.26. The van der Waals surface area contributed by atoms with E-state index in [9.17, 15) is 4.79 Å². The molecule has 1 aromatic rings. The summed E-state index contributed by atoms with van der Waals surface area (Å²) < 4.78 is 10.6. The molecule has 0 saturated heterocycles. The molecule has 90 valence electrons. The van der Waals surface area contributed by atoms with E-state index in [0.29, 0.717) is 22.4 Å². The smallest absolute Gasteiger partial charge is 0.310 e. The maximum Gasteiger partial charge on any atom is 0.310 e. The molecule has 1 rings (SSSR count). The van der Waals surface area contributed by atoms with E-state index in [-0.39, 0.29) is 12.4 Å². The van der Waals surface area contributed by atoms with E-state index in [2.05, 4.69) is 15.9 Å².